The van der Waals surface area contributed by atoms with Crippen LogP contribution in [0, 0.1) is 11.3 Å². The smallest absolute Gasteiger partial charge is 0.253 e. The van der Waals surface area contributed by atoms with Gasteiger partial charge in [0.25, 0.3) is 5.91 Å². The minimum absolute atomic E-state index is 0.0471. The van der Waals surface area contributed by atoms with Crippen LogP contribution in [0.5, 0.6) is 0 Å². The standard InChI is InChI=1S/C20H21N3O3S/c21-10-15-27(25,26)16-17-6-8-18(9-7-17)20(24)23-13-11-22(12-14-23)19-4-2-1-3-5-19/h1-9H,11-16H2. The Bertz CT molecular complexity index is 927. The summed E-state index contributed by atoms with van der Waals surface area (Å²) in [5.74, 6) is -0.737. The Morgan fingerprint density at radius 2 is 1.59 bits per heavy atom. The maximum Gasteiger partial charge on any atom is 0.253 e. The number of hydrogen-bond donors (Lipinski definition) is 0. The Balaban J connectivity index is 1.59. The van der Waals surface area contributed by atoms with Crippen LogP contribution in [0.2, 0.25) is 0 Å². The number of anilines is 1. The lowest BCUT2D eigenvalue weighted by Gasteiger charge is -2.36. The van der Waals surface area contributed by atoms with Gasteiger partial charge in [0, 0.05) is 37.4 Å². The van der Waals surface area contributed by atoms with E-state index in [2.05, 4.69) is 17.0 Å². The van der Waals surface area contributed by atoms with Crippen LogP contribution in [0.3, 0.4) is 0 Å². The first kappa shape index (κ1) is 18.9. The molecule has 6 nitrogen and oxygen atoms in total. The van der Waals surface area contributed by atoms with E-state index in [1.807, 2.05) is 23.1 Å². The summed E-state index contributed by atoms with van der Waals surface area (Å²) in [5.41, 5.74) is 2.29. The van der Waals surface area contributed by atoms with Crippen LogP contribution in [0.1, 0.15) is 15.9 Å². The summed E-state index contributed by atoms with van der Waals surface area (Å²) in [6, 6.07) is 18.4. The number of carbonyl (C=O) groups is 1. The lowest BCUT2D eigenvalue weighted by atomic mass is 10.1. The van der Waals surface area contributed by atoms with E-state index in [0.29, 0.717) is 24.2 Å². The largest absolute Gasteiger partial charge is 0.368 e. The molecule has 0 aromatic heterocycles. The minimum atomic E-state index is -3.43. The number of nitriles is 1. The third kappa shape index (κ3) is 4.86. The number of benzene rings is 2. The summed E-state index contributed by atoms with van der Waals surface area (Å²) in [6.07, 6.45) is 0. The van der Waals surface area contributed by atoms with Crippen molar-refractivity contribution >= 4 is 21.4 Å². The van der Waals surface area contributed by atoms with E-state index >= 15 is 0 Å². The zero-order chi connectivity index (χ0) is 19.3. The van der Waals surface area contributed by atoms with Crippen molar-refractivity contribution in [3.8, 4) is 6.07 Å². The Morgan fingerprint density at radius 1 is 0.963 bits per heavy atom. The molecule has 2 aromatic rings. The average molecular weight is 383 g/mol. The zero-order valence-electron chi connectivity index (χ0n) is 14.9. The van der Waals surface area contributed by atoms with Gasteiger partial charge >= 0.3 is 0 Å². The van der Waals surface area contributed by atoms with Gasteiger partial charge in [0.1, 0.15) is 5.75 Å². The lowest BCUT2D eigenvalue weighted by Crippen LogP contribution is -2.48. The first-order chi connectivity index (χ1) is 13.0. The van der Waals surface area contributed by atoms with Gasteiger partial charge in [-0.3, -0.25) is 4.79 Å². The Labute approximate surface area is 159 Å². The molecule has 0 aliphatic carbocycles. The van der Waals surface area contributed by atoms with Crippen molar-refractivity contribution in [3.63, 3.8) is 0 Å². The van der Waals surface area contributed by atoms with Crippen LogP contribution in [0.4, 0.5) is 5.69 Å². The lowest BCUT2D eigenvalue weighted by molar-refractivity contribution is 0.0747. The molecule has 0 saturated carbocycles. The molecule has 1 aliphatic heterocycles. The summed E-state index contributed by atoms with van der Waals surface area (Å²) in [6.45, 7) is 2.85. The minimum Gasteiger partial charge on any atom is -0.368 e. The molecule has 2 aromatic carbocycles. The predicted molar refractivity (Wildman–Crippen MR) is 104 cm³/mol. The third-order valence-electron chi connectivity index (χ3n) is 4.56. The van der Waals surface area contributed by atoms with Gasteiger partial charge in [-0.25, -0.2) is 8.42 Å². The van der Waals surface area contributed by atoms with E-state index in [0.717, 1.165) is 18.8 Å². The van der Waals surface area contributed by atoms with Gasteiger partial charge in [-0.1, -0.05) is 30.3 Å². The molecule has 1 aliphatic rings. The fraction of sp³-hybridized carbons (Fsp3) is 0.300. The van der Waals surface area contributed by atoms with Gasteiger partial charge in [-0.2, -0.15) is 5.26 Å². The summed E-state index contributed by atoms with van der Waals surface area (Å²) in [7, 11) is -3.43. The van der Waals surface area contributed by atoms with Gasteiger partial charge in [-0.05, 0) is 29.8 Å². The summed E-state index contributed by atoms with van der Waals surface area (Å²) in [5, 5.41) is 8.55. The topological polar surface area (TPSA) is 81.5 Å². The van der Waals surface area contributed by atoms with Crippen LogP contribution in [0.25, 0.3) is 0 Å². The van der Waals surface area contributed by atoms with Crippen molar-refractivity contribution in [3.05, 3.63) is 65.7 Å². The van der Waals surface area contributed by atoms with Crippen LogP contribution in [0.15, 0.2) is 54.6 Å². The van der Waals surface area contributed by atoms with E-state index in [-0.39, 0.29) is 11.7 Å². The zero-order valence-corrected chi connectivity index (χ0v) is 15.7. The highest BCUT2D eigenvalue weighted by Gasteiger charge is 2.22. The number of piperazine rings is 1. The molecule has 3 rings (SSSR count). The maximum absolute atomic E-state index is 12.7. The molecule has 0 bridgehead atoms. The van der Waals surface area contributed by atoms with Crippen molar-refractivity contribution in [2.24, 2.45) is 0 Å². The maximum atomic E-state index is 12.7. The molecule has 1 fully saturated rings. The molecule has 1 amide bonds. The van der Waals surface area contributed by atoms with E-state index < -0.39 is 15.6 Å². The predicted octanol–water partition coefficient (Wildman–Crippen LogP) is 2.09. The van der Waals surface area contributed by atoms with Gasteiger partial charge < -0.3 is 9.80 Å². The van der Waals surface area contributed by atoms with Crippen molar-refractivity contribution < 1.29 is 13.2 Å². The normalized spacial score (nSPS) is 14.6. The van der Waals surface area contributed by atoms with Gasteiger partial charge in [-0.15, -0.1) is 0 Å². The number of hydrogen-bond acceptors (Lipinski definition) is 5. The second kappa shape index (κ2) is 8.23. The SMILES string of the molecule is N#CCS(=O)(=O)Cc1ccc(C(=O)N2CCN(c3ccccc3)CC2)cc1. The average Bonchev–Trinajstić information content (AvgIpc) is 2.68. The Hall–Kier alpha value is -2.85. The Kier molecular flexibility index (Phi) is 5.77. The summed E-state index contributed by atoms with van der Waals surface area (Å²) >= 11 is 0. The number of para-hydroxylation sites is 1. The highest BCUT2D eigenvalue weighted by molar-refractivity contribution is 7.90. The molecule has 1 saturated heterocycles. The Morgan fingerprint density at radius 3 is 2.19 bits per heavy atom. The van der Waals surface area contributed by atoms with E-state index in [9.17, 15) is 13.2 Å². The molecule has 0 atom stereocenters. The van der Waals surface area contributed by atoms with E-state index in [1.165, 1.54) is 0 Å². The highest BCUT2D eigenvalue weighted by Crippen LogP contribution is 2.17. The quantitative estimate of drug-likeness (QED) is 0.790. The van der Waals surface area contributed by atoms with Crippen molar-refractivity contribution in [2.45, 2.75) is 5.75 Å². The first-order valence-electron chi connectivity index (χ1n) is 8.74. The van der Waals surface area contributed by atoms with Gasteiger partial charge in [0.2, 0.25) is 0 Å². The molecule has 0 unspecified atom stereocenters. The van der Waals surface area contributed by atoms with Crippen molar-refractivity contribution in [1.29, 1.82) is 5.26 Å². The fourth-order valence-electron chi connectivity index (χ4n) is 3.14. The fourth-order valence-corrected chi connectivity index (χ4v) is 4.14. The highest BCUT2D eigenvalue weighted by atomic mass is 32.2. The van der Waals surface area contributed by atoms with E-state index in [1.54, 1.807) is 30.3 Å². The number of nitrogens with zero attached hydrogens (tertiary/aromatic N) is 3. The van der Waals surface area contributed by atoms with Crippen molar-refractivity contribution in [1.82, 2.24) is 4.90 Å². The number of sulfone groups is 1. The van der Waals surface area contributed by atoms with Crippen LogP contribution >= 0.6 is 0 Å². The monoisotopic (exact) mass is 383 g/mol. The second-order valence-corrected chi connectivity index (χ2v) is 8.57. The molecule has 7 heteroatoms. The van der Waals surface area contributed by atoms with Gasteiger partial charge in [0.15, 0.2) is 9.84 Å². The molecule has 0 spiro atoms. The number of rotatable bonds is 5. The number of carbonyl (C=O) groups excluding carboxylic acids is 1. The third-order valence-corrected chi connectivity index (χ3v) is 5.90. The summed E-state index contributed by atoms with van der Waals surface area (Å²) in [4.78, 5) is 16.8. The van der Waals surface area contributed by atoms with E-state index in [4.69, 9.17) is 5.26 Å². The number of amides is 1. The van der Waals surface area contributed by atoms with Crippen molar-refractivity contribution in [2.75, 3.05) is 36.8 Å². The molecule has 140 valence electrons. The molecule has 1 heterocycles. The molecule has 27 heavy (non-hydrogen) atoms. The molecular formula is C20H21N3O3S. The molecule has 0 radical (unpaired) electrons. The van der Waals surface area contributed by atoms with Gasteiger partial charge in [0.05, 0.1) is 11.8 Å². The first-order valence-corrected chi connectivity index (χ1v) is 10.6. The van der Waals surface area contributed by atoms with Crippen LogP contribution in [-0.4, -0.2) is 51.2 Å². The second-order valence-electron chi connectivity index (χ2n) is 6.50. The molecule has 0 N–H and O–H groups in total. The van der Waals surface area contributed by atoms with Crippen LogP contribution < -0.4 is 4.90 Å². The molecular weight excluding hydrogens is 362 g/mol. The summed E-state index contributed by atoms with van der Waals surface area (Å²) < 4.78 is 23.4. The van der Waals surface area contributed by atoms with Crippen LogP contribution in [-0.2, 0) is 15.6 Å².